The highest BCUT2D eigenvalue weighted by Gasteiger charge is 2.69. The number of aliphatic hydroxyl groups excluding tert-OH is 12. The molecule has 0 bridgehead atoms. The number of carbonyl (C=O) groups excluding carboxylic acids is 1. The van der Waals surface area contributed by atoms with Crippen molar-refractivity contribution in [2.45, 2.75) is 187 Å². The largest absolute Gasteiger partial charge is 0.396 e. The van der Waals surface area contributed by atoms with Crippen LogP contribution in [0.25, 0.3) is 0 Å². The van der Waals surface area contributed by atoms with Crippen molar-refractivity contribution in [1.82, 2.24) is 0 Å². The highest BCUT2D eigenvalue weighted by Crippen LogP contribution is 2.64. The van der Waals surface area contributed by atoms with Crippen LogP contribution in [0.1, 0.15) is 52.9 Å². The quantitative estimate of drug-likeness (QED) is 0.0909. The first kappa shape index (κ1) is 52.7. The van der Waals surface area contributed by atoms with Crippen LogP contribution in [0.2, 0.25) is 0 Å². The van der Waals surface area contributed by atoms with Gasteiger partial charge in [-0.2, -0.15) is 0 Å². The van der Waals surface area contributed by atoms with Crippen molar-refractivity contribution in [3.63, 3.8) is 0 Å². The number of aliphatic hydroxyl groups is 13. The molecule has 0 radical (unpaired) electrons. The molecule has 6 heterocycles. The first-order valence-electron chi connectivity index (χ1n) is 24.8. The normalized spacial score (nSPS) is 55.2. The lowest BCUT2D eigenvalue weighted by molar-refractivity contribution is -0.387. The first-order valence-corrected chi connectivity index (χ1v) is 24.8. The van der Waals surface area contributed by atoms with Gasteiger partial charge in [0.05, 0.1) is 64.1 Å². The first-order chi connectivity index (χ1) is 33.7. The zero-order valence-corrected chi connectivity index (χ0v) is 39.6. The summed E-state index contributed by atoms with van der Waals surface area (Å²) in [6.45, 7) is 2.37. The van der Waals surface area contributed by atoms with Crippen molar-refractivity contribution in [2.75, 3.05) is 39.6 Å². The van der Waals surface area contributed by atoms with Crippen molar-refractivity contribution in [3.8, 4) is 0 Å². The Morgan fingerprint density at radius 1 is 0.746 bits per heavy atom. The van der Waals surface area contributed by atoms with Crippen LogP contribution in [-0.4, -0.2) is 246 Å². The van der Waals surface area contributed by atoms with Gasteiger partial charge in [0.1, 0.15) is 78.8 Å². The van der Waals surface area contributed by atoms with Gasteiger partial charge >= 0.3 is 0 Å². The Balaban J connectivity index is 0.948. The topological polar surface area (TPSA) is 372 Å². The highest BCUT2D eigenvalue weighted by molar-refractivity contribution is 6.04. The third kappa shape index (κ3) is 8.45. The van der Waals surface area contributed by atoms with Gasteiger partial charge in [0.2, 0.25) is 5.79 Å². The summed E-state index contributed by atoms with van der Waals surface area (Å²) < 4.78 is 61.0. The lowest BCUT2D eigenvalue weighted by atomic mass is 9.51. The Kier molecular flexibility index (Phi) is 14.6. The lowest BCUT2D eigenvalue weighted by Crippen LogP contribution is -2.65. The molecule has 0 aromatic carbocycles. The average Bonchev–Trinajstić information content (AvgIpc) is 3.94. The third-order valence-electron chi connectivity index (χ3n) is 17.6. The summed E-state index contributed by atoms with van der Waals surface area (Å²) >= 11 is 0. The highest BCUT2D eigenvalue weighted by atomic mass is 16.8. The molecule has 10 rings (SSSR count). The summed E-state index contributed by atoms with van der Waals surface area (Å²) in [5.41, 5.74) is -0.758. The monoisotopic (exact) mass is 1020 g/mol. The standard InChI is InChI=1S/C47H70O24/c1-16-11-65-47(39(59)29(16)53)23(10-48)28-21-6-7-22-20(27(21)32(56)36(28)71-47)5-4-18-8-19(50)9-26(45(18,22)3)67-43-38(35(25(52)13-63-43)68-41-33(57)31(55)24(51)12-62-41)70-42-34(58)37(30(54)17(2)66-42)69-44-40(60)46(61,14-49)15-64-44/h4,16-17,19-20,22-26,28-31,33-44,48-55,57-61H,5-15H2,1-3H3. The minimum atomic E-state index is -2.11. The van der Waals surface area contributed by atoms with E-state index in [1.165, 1.54) is 6.92 Å². The number of allylic oxidation sites excluding steroid dienone is 1. The van der Waals surface area contributed by atoms with E-state index in [1.54, 1.807) is 6.92 Å². The minimum absolute atomic E-state index is 0.0501. The van der Waals surface area contributed by atoms with E-state index in [0.717, 1.165) is 11.1 Å². The number of fused-ring (bicyclic) bond motifs is 6. The van der Waals surface area contributed by atoms with Crippen LogP contribution in [-0.2, 0) is 52.2 Å². The third-order valence-corrected chi connectivity index (χ3v) is 17.6. The Hall–Kier alpha value is -1.77. The van der Waals surface area contributed by atoms with Crippen molar-refractivity contribution in [3.05, 3.63) is 22.8 Å². The van der Waals surface area contributed by atoms with E-state index >= 15 is 0 Å². The SMILES string of the molecule is CC1COC2(OC3C(=O)C4=C(CCC5C4CC=C4CC(O)CC(OC6OCC(O)C(OC7OCC(O)C(O)C7O)C6OC6OC(C)C(O)C(OC7OCC(O)(CO)C7O)C6O)C45C)C3C2CO)C(O)C1O. The fraction of sp³-hybridized carbons (Fsp3) is 0.894. The number of ether oxygens (including phenoxy) is 10. The van der Waals surface area contributed by atoms with Crippen molar-refractivity contribution >= 4 is 5.78 Å². The van der Waals surface area contributed by atoms with Gasteiger partial charge in [-0.05, 0) is 44.4 Å². The molecule has 7 fully saturated rings. The average molecular weight is 1020 g/mol. The van der Waals surface area contributed by atoms with E-state index in [1.807, 2.05) is 13.0 Å². The fourth-order valence-electron chi connectivity index (χ4n) is 13.4. The van der Waals surface area contributed by atoms with E-state index in [2.05, 4.69) is 0 Å². The van der Waals surface area contributed by atoms with Gasteiger partial charge < -0.3 is 114 Å². The molecule has 28 unspecified atom stereocenters. The molecule has 24 nitrogen and oxygen atoms in total. The van der Waals surface area contributed by atoms with E-state index in [-0.39, 0.29) is 30.6 Å². The molecule has 402 valence electrons. The summed E-state index contributed by atoms with van der Waals surface area (Å²) in [6, 6.07) is 0. The molecule has 71 heavy (non-hydrogen) atoms. The number of ketones is 1. The molecule has 10 aliphatic rings. The molecule has 0 aromatic rings. The molecule has 13 N–H and O–H groups in total. The van der Waals surface area contributed by atoms with Gasteiger partial charge in [-0.25, -0.2) is 0 Å². The smallest absolute Gasteiger partial charge is 0.203 e. The van der Waals surface area contributed by atoms with Gasteiger partial charge in [-0.3, -0.25) is 4.79 Å². The zero-order chi connectivity index (χ0) is 50.8. The molecule has 4 aliphatic carbocycles. The van der Waals surface area contributed by atoms with Crippen LogP contribution < -0.4 is 0 Å². The number of hydrogen-bond donors (Lipinski definition) is 13. The van der Waals surface area contributed by atoms with Gasteiger partial charge in [0.15, 0.2) is 30.9 Å². The van der Waals surface area contributed by atoms with Gasteiger partial charge in [-0.15, -0.1) is 0 Å². The minimum Gasteiger partial charge on any atom is -0.396 e. The molecule has 24 heteroatoms. The maximum absolute atomic E-state index is 14.7. The Labute approximate surface area is 408 Å². The van der Waals surface area contributed by atoms with Gasteiger partial charge in [0.25, 0.3) is 0 Å². The second-order valence-corrected chi connectivity index (χ2v) is 21.7. The summed E-state index contributed by atoms with van der Waals surface area (Å²) in [5.74, 6) is -4.60. The molecule has 0 amide bonds. The summed E-state index contributed by atoms with van der Waals surface area (Å²) in [6.07, 6.45) is -26.3. The molecule has 6 saturated heterocycles. The van der Waals surface area contributed by atoms with Crippen molar-refractivity contribution in [1.29, 1.82) is 0 Å². The van der Waals surface area contributed by atoms with Crippen molar-refractivity contribution < 1.29 is 119 Å². The molecule has 6 aliphatic heterocycles. The van der Waals surface area contributed by atoms with Crippen LogP contribution in [0, 0.1) is 35.0 Å². The van der Waals surface area contributed by atoms with E-state index < -0.39 is 190 Å². The van der Waals surface area contributed by atoms with E-state index in [4.69, 9.17) is 47.4 Å². The Morgan fingerprint density at radius 3 is 2.17 bits per heavy atom. The van der Waals surface area contributed by atoms with Gasteiger partial charge in [0, 0.05) is 35.2 Å². The molecule has 28 atom stereocenters. The summed E-state index contributed by atoms with van der Waals surface area (Å²) in [7, 11) is 0. The van der Waals surface area contributed by atoms with Crippen LogP contribution in [0.3, 0.4) is 0 Å². The number of carbonyl (C=O) groups is 1. The fourth-order valence-corrected chi connectivity index (χ4v) is 13.4. The number of hydrogen-bond acceptors (Lipinski definition) is 24. The number of Topliss-reactive ketones (excluding diaryl/α,β-unsaturated/α-hetero) is 1. The zero-order valence-electron chi connectivity index (χ0n) is 39.6. The Morgan fingerprint density at radius 2 is 1.45 bits per heavy atom. The maximum Gasteiger partial charge on any atom is 0.203 e. The van der Waals surface area contributed by atoms with Crippen LogP contribution in [0.4, 0.5) is 0 Å². The van der Waals surface area contributed by atoms with Crippen LogP contribution >= 0.6 is 0 Å². The second-order valence-electron chi connectivity index (χ2n) is 21.7. The van der Waals surface area contributed by atoms with Crippen LogP contribution in [0.5, 0.6) is 0 Å². The maximum atomic E-state index is 14.7. The van der Waals surface area contributed by atoms with E-state index in [9.17, 15) is 71.2 Å². The molecular formula is C47H70O24. The summed E-state index contributed by atoms with van der Waals surface area (Å²) in [4.78, 5) is 14.7. The molecule has 1 saturated carbocycles. The van der Waals surface area contributed by atoms with Gasteiger partial charge in [-0.1, -0.05) is 31.1 Å². The lowest BCUT2D eigenvalue weighted by Gasteiger charge is -2.57. The summed E-state index contributed by atoms with van der Waals surface area (Å²) in [5, 5.41) is 142. The van der Waals surface area contributed by atoms with Crippen LogP contribution in [0.15, 0.2) is 22.8 Å². The predicted octanol–water partition coefficient (Wildman–Crippen LogP) is -5.30. The molecule has 1 spiro atoms. The van der Waals surface area contributed by atoms with Crippen molar-refractivity contribution in [2.24, 2.45) is 35.0 Å². The molecule has 0 aromatic heterocycles. The van der Waals surface area contributed by atoms with E-state index in [0.29, 0.717) is 31.3 Å². The predicted molar refractivity (Wildman–Crippen MR) is 230 cm³/mol. The number of rotatable bonds is 10. The molecular weight excluding hydrogens is 948 g/mol. The second kappa shape index (κ2) is 19.7. The Bertz CT molecular complexity index is 2030.